The van der Waals surface area contributed by atoms with Crippen molar-refractivity contribution in [2.24, 2.45) is 0 Å². The molecule has 5 nitrogen and oxygen atoms in total. The SMILES string of the molecule is CCOCCNC(=O)NCC1(O)CCCCC1. The van der Waals surface area contributed by atoms with Crippen molar-refractivity contribution in [3.8, 4) is 0 Å². The van der Waals surface area contributed by atoms with Gasteiger partial charge in [0.15, 0.2) is 0 Å². The summed E-state index contributed by atoms with van der Waals surface area (Å²) in [5, 5.41) is 15.6. The lowest BCUT2D eigenvalue weighted by molar-refractivity contribution is 0.00716. The molecule has 0 unspecified atom stereocenters. The van der Waals surface area contributed by atoms with Crippen LogP contribution in [0.15, 0.2) is 0 Å². The molecule has 3 N–H and O–H groups in total. The molecule has 0 heterocycles. The van der Waals surface area contributed by atoms with Gasteiger partial charge in [-0.2, -0.15) is 0 Å². The predicted octanol–water partition coefficient (Wildman–Crippen LogP) is 1.02. The van der Waals surface area contributed by atoms with Crippen molar-refractivity contribution in [1.29, 1.82) is 0 Å². The summed E-state index contributed by atoms with van der Waals surface area (Å²) in [7, 11) is 0. The molecule has 5 heteroatoms. The molecule has 2 amide bonds. The van der Waals surface area contributed by atoms with Crippen LogP contribution in [0.5, 0.6) is 0 Å². The minimum atomic E-state index is -0.699. The average molecular weight is 244 g/mol. The van der Waals surface area contributed by atoms with Crippen LogP contribution >= 0.6 is 0 Å². The molecule has 0 spiro atoms. The van der Waals surface area contributed by atoms with Crippen LogP contribution in [0.2, 0.25) is 0 Å². The van der Waals surface area contributed by atoms with Crippen LogP contribution in [-0.4, -0.2) is 43.0 Å². The Morgan fingerprint density at radius 1 is 1.29 bits per heavy atom. The first-order valence-electron chi connectivity index (χ1n) is 6.48. The zero-order valence-corrected chi connectivity index (χ0v) is 10.6. The largest absolute Gasteiger partial charge is 0.388 e. The summed E-state index contributed by atoms with van der Waals surface area (Å²) in [4.78, 5) is 11.4. The van der Waals surface area contributed by atoms with E-state index in [1.54, 1.807) is 0 Å². The Kier molecular flexibility index (Phi) is 6.29. The van der Waals surface area contributed by atoms with Crippen LogP contribution < -0.4 is 10.6 Å². The lowest BCUT2D eigenvalue weighted by atomic mass is 9.85. The summed E-state index contributed by atoms with van der Waals surface area (Å²) < 4.78 is 5.11. The second kappa shape index (κ2) is 7.50. The summed E-state index contributed by atoms with van der Waals surface area (Å²) in [6.07, 6.45) is 4.84. The van der Waals surface area contributed by atoms with Gasteiger partial charge < -0.3 is 20.5 Å². The lowest BCUT2D eigenvalue weighted by Crippen LogP contribution is -2.47. The number of aliphatic hydroxyl groups is 1. The van der Waals surface area contributed by atoms with Crippen LogP contribution in [0.25, 0.3) is 0 Å². The summed E-state index contributed by atoms with van der Waals surface area (Å²) in [6, 6.07) is -0.233. The Labute approximate surface area is 103 Å². The highest BCUT2D eigenvalue weighted by Crippen LogP contribution is 2.27. The summed E-state index contributed by atoms with van der Waals surface area (Å²) in [6.45, 7) is 3.93. The predicted molar refractivity (Wildman–Crippen MR) is 65.9 cm³/mol. The second-order valence-corrected chi connectivity index (χ2v) is 4.59. The fraction of sp³-hybridized carbons (Fsp3) is 0.917. The van der Waals surface area contributed by atoms with Crippen molar-refractivity contribution >= 4 is 6.03 Å². The molecule has 0 radical (unpaired) electrons. The molecule has 0 aromatic carbocycles. The maximum atomic E-state index is 11.4. The van der Waals surface area contributed by atoms with Crippen LogP contribution in [0.1, 0.15) is 39.0 Å². The monoisotopic (exact) mass is 244 g/mol. The molecule has 100 valence electrons. The molecule has 17 heavy (non-hydrogen) atoms. The van der Waals surface area contributed by atoms with E-state index in [0.29, 0.717) is 26.3 Å². The molecule has 0 aromatic heterocycles. The highest BCUT2D eigenvalue weighted by molar-refractivity contribution is 5.73. The Hall–Kier alpha value is -0.810. The van der Waals surface area contributed by atoms with Crippen molar-refractivity contribution in [1.82, 2.24) is 10.6 Å². The number of hydrogen-bond acceptors (Lipinski definition) is 3. The number of nitrogens with one attached hydrogen (secondary N) is 2. The number of urea groups is 1. The molecule has 0 aromatic rings. The van der Waals surface area contributed by atoms with E-state index in [1.165, 1.54) is 6.42 Å². The lowest BCUT2D eigenvalue weighted by Gasteiger charge is -2.32. The molecule has 1 aliphatic rings. The van der Waals surface area contributed by atoms with E-state index in [-0.39, 0.29) is 6.03 Å². The molecule has 1 rings (SSSR count). The molecular weight excluding hydrogens is 220 g/mol. The average Bonchev–Trinajstić information content (AvgIpc) is 2.33. The number of carbonyl (C=O) groups is 1. The van der Waals surface area contributed by atoms with Gasteiger partial charge >= 0.3 is 6.03 Å². The van der Waals surface area contributed by atoms with Crippen molar-refractivity contribution < 1.29 is 14.6 Å². The normalized spacial score (nSPS) is 18.7. The topological polar surface area (TPSA) is 70.6 Å². The van der Waals surface area contributed by atoms with E-state index in [4.69, 9.17) is 4.74 Å². The highest BCUT2D eigenvalue weighted by atomic mass is 16.5. The molecule has 0 bridgehead atoms. The van der Waals surface area contributed by atoms with Crippen molar-refractivity contribution in [3.05, 3.63) is 0 Å². The fourth-order valence-corrected chi connectivity index (χ4v) is 2.08. The summed E-state index contributed by atoms with van der Waals surface area (Å²) in [5.74, 6) is 0. The molecule has 1 fully saturated rings. The first-order valence-corrected chi connectivity index (χ1v) is 6.48. The zero-order valence-electron chi connectivity index (χ0n) is 10.6. The third-order valence-electron chi connectivity index (χ3n) is 3.10. The minimum Gasteiger partial charge on any atom is -0.388 e. The Morgan fingerprint density at radius 2 is 2.00 bits per heavy atom. The van der Waals surface area contributed by atoms with Crippen LogP contribution in [-0.2, 0) is 4.74 Å². The number of rotatable bonds is 6. The Bertz CT molecular complexity index is 228. The van der Waals surface area contributed by atoms with E-state index in [9.17, 15) is 9.90 Å². The van der Waals surface area contributed by atoms with Gasteiger partial charge in [0.05, 0.1) is 12.2 Å². The number of carbonyl (C=O) groups excluding carboxylic acids is 1. The van der Waals surface area contributed by atoms with Gasteiger partial charge in [0.1, 0.15) is 0 Å². The van der Waals surface area contributed by atoms with Gasteiger partial charge in [-0.25, -0.2) is 4.79 Å². The molecule has 1 aliphatic carbocycles. The van der Waals surface area contributed by atoms with Gasteiger partial charge in [-0.3, -0.25) is 0 Å². The maximum Gasteiger partial charge on any atom is 0.314 e. The number of ether oxygens (including phenoxy) is 1. The van der Waals surface area contributed by atoms with Gasteiger partial charge in [0.2, 0.25) is 0 Å². The van der Waals surface area contributed by atoms with Gasteiger partial charge in [-0.15, -0.1) is 0 Å². The Balaban J connectivity index is 2.10. The van der Waals surface area contributed by atoms with Gasteiger partial charge in [0.25, 0.3) is 0 Å². The fourth-order valence-electron chi connectivity index (χ4n) is 2.08. The molecule has 0 saturated heterocycles. The smallest absolute Gasteiger partial charge is 0.314 e. The van der Waals surface area contributed by atoms with Gasteiger partial charge in [-0.1, -0.05) is 19.3 Å². The first kappa shape index (κ1) is 14.3. The third-order valence-corrected chi connectivity index (χ3v) is 3.10. The van der Waals surface area contributed by atoms with Crippen molar-refractivity contribution in [2.45, 2.75) is 44.6 Å². The van der Waals surface area contributed by atoms with Crippen LogP contribution in [0, 0.1) is 0 Å². The van der Waals surface area contributed by atoms with Crippen molar-refractivity contribution in [3.63, 3.8) is 0 Å². The van der Waals surface area contributed by atoms with E-state index in [0.717, 1.165) is 25.7 Å². The number of hydrogen-bond donors (Lipinski definition) is 3. The second-order valence-electron chi connectivity index (χ2n) is 4.59. The van der Waals surface area contributed by atoms with Gasteiger partial charge in [-0.05, 0) is 19.8 Å². The molecule has 1 saturated carbocycles. The number of amides is 2. The first-order chi connectivity index (χ1) is 8.16. The molecular formula is C12H24N2O3. The maximum absolute atomic E-state index is 11.4. The van der Waals surface area contributed by atoms with E-state index in [2.05, 4.69) is 10.6 Å². The van der Waals surface area contributed by atoms with Crippen LogP contribution in [0.4, 0.5) is 4.79 Å². The van der Waals surface area contributed by atoms with Crippen molar-refractivity contribution in [2.75, 3.05) is 26.3 Å². The molecule has 0 atom stereocenters. The highest BCUT2D eigenvalue weighted by Gasteiger charge is 2.29. The van der Waals surface area contributed by atoms with E-state index in [1.807, 2.05) is 6.92 Å². The van der Waals surface area contributed by atoms with Crippen LogP contribution in [0.3, 0.4) is 0 Å². The molecule has 0 aliphatic heterocycles. The summed E-state index contributed by atoms with van der Waals surface area (Å²) >= 11 is 0. The van der Waals surface area contributed by atoms with E-state index < -0.39 is 5.60 Å². The Morgan fingerprint density at radius 3 is 2.65 bits per heavy atom. The standard InChI is InChI=1S/C12H24N2O3/c1-2-17-9-8-13-11(15)14-10-12(16)6-4-3-5-7-12/h16H,2-10H2,1H3,(H2,13,14,15). The summed E-state index contributed by atoms with van der Waals surface area (Å²) in [5.41, 5.74) is -0.699. The van der Waals surface area contributed by atoms with E-state index >= 15 is 0 Å². The quantitative estimate of drug-likeness (QED) is 0.611. The third kappa shape index (κ3) is 5.89. The van der Waals surface area contributed by atoms with Gasteiger partial charge in [0, 0.05) is 19.7 Å². The zero-order chi connectivity index (χ0) is 12.6. The minimum absolute atomic E-state index is 0.233.